The fraction of sp³-hybridized carbons (Fsp3) is 0.150. The summed E-state index contributed by atoms with van der Waals surface area (Å²) < 4.78 is 13.6. The van der Waals surface area contributed by atoms with Gasteiger partial charge in [-0.15, -0.1) is 0 Å². The van der Waals surface area contributed by atoms with Gasteiger partial charge in [0.1, 0.15) is 17.3 Å². The summed E-state index contributed by atoms with van der Waals surface area (Å²) in [6, 6.07) is 12.3. The van der Waals surface area contributed by atoms with Gasteiger partial charge in [-0.05, 0) is 31.0 Å². The van der Waals surface area contributed by atoms with Crippen molar-refractivity contribution in [3.05, 3.63) is 83.1 Å². The van der Waals surface area contributed by atoms with Gasteiger partial charge in [0, 0.05) is 17.8 Å². The molecule has 0 unspecified atom stereocenters. The fourth-order valence-electron chi connectivity index (χ4n) is 2.56. The van der Waals surface area contributed by atoms with Gasteiger partial charge in [0.2, 0.25) is 0 Å². The van der Waals surface area contributed by atoms with E-state index in [-0.39, 0.29) is 18.1 Å². The largest absolute Gasteiger partial charge is 0.346 e. The first-order chi connectivity index (χ1) is 12.5. The molecule has 1 aromatic heterocycles. The van der Waals surface area contributed by atoms with Gasteiger partial charge in [-0.2, -0.15) is 0 Å². The molecule has 1 amide bonds. The molecule has 3 aromatic rings. The molecule has 0 aliphatic heterocycles. The third-order valence-corrected chi connectivity index (χ3v) is 4.02. The maximum atomic E-state index is 13.6. The molecule has 5 nitrogen and oxygen atoms in total. The van der Waals surface area contributed by atoms with E-state index in [2.05, 4.69) is 20.6 Å². The Morgan fingerprint density at radius 1 is 1.00 bits per heavy atom. The lowest BCUT2D eigenvalue weighted by Gasteiger charge is -2.12. The summed E-state index contributed by atoms with van der Waals surface area (Å²) in [5.41, 5.74) is 3.76. The van der Waals surface area contributed by atoms with E-state index in [1.165, 1.54) is 18.5 Å². The van der Waals surface area contributed by atoms with Crippen LogP contribution in [0.4, 0.5) is 15.9 Å². The number of nitrogens with zero attached hydrogens (tertiary/aromatic N) is 2. The predicted octanol–water partition coefficient (Wildman–Crippen LogP) is 3.91. The highest BCUT2D eigenvalue weighted by Gasteiger charge is 2.10. The second-order valence-corrected chi connectivity index (χ2v) is 5.95. The molecule has 132 valence electrons. The van der Waals surface area contributed by atoms with Crippen molar-refractivity contribution in [1.29, 1.82) is 0 Å². The molecule has 26 heavy (non-hydrogen) atoms. The van der Waals surface area contributed by atoms with Gasteiger partial charge in [0.15, 0.2) is 0 Å². The first kappa shape index (κ1) is 17.5. The zero-order valence-electron chi connectivity index (χ0n) is 14.6. The Hall–Kier alpha value is -3.28. The van der Waals surface area contributed by atoms with Crippen molar-refractivity contribution in [2.24, 2.45) is 0 Å². The van der Waals surface area contributed by atoms with Gasteiger partial charge < -0.3 is 10.6 Å². The van der Waals surface area contributed by atoms with Crippen LogP contribution in [0.25, 0.3) is 0 Å². The molecule has 0 atom stereocenters. The number of rotatable bonds is 5. The van der Waals surface area contributed by atoms with Gasteiger partial charge in [-0.1, -0.05) is 36.4 Å². The van der Waals surface area contributed by atoms with Crippen LogP contribution in [-0.4, -0.2) is 15.9 Å². The monoisotopic (exact) mass is 350 g/mol. The molecule has 0 bridgehead atoms. The summed E-state index contributed by atoms with van der Waals surface area (Å²) in [5, 5.41) is 5.86. The standard InChI is InChI=1S/C20H19FN4O/c1-13-6-5-7-14(2)19(13)25-18-12-22-17(11-23-18)20(26)24-10-15-8-3-4-9-16(15)21/h3-9,11-12H,10H2,1-2H3,(H,23,25)(H,24,26). The number of carbonyl (C=O) groups excluding carboxylic acids is 1. The molecule has 0 spiro atoms. The number of para-hydroxylation sites is 1. The van der Waals surface area contributed by atoms with Crippen molar-refractivity contribution >= 4 is 17.4 Å². The lowest BCUT2D eigenvalue weighted by Crippen LogP contribution is -2.24. The van der Waals surface area contributed by atoms with E-state index in [0.717, 1.165) is 16.8 Å². The Bertz CT molecular complexity index is 905. The van der Waals surface area contributed by atoms with E-state index in [4.69, 9.17) is 0 Å². The van der Waals surface area contributed by atoms with Crippen LogP contribution in [-0.2, 0) is 6.54 Å². The first-order valence-corrected chi connectivity index (χ1v) is 8.21. The van der Waals surface area contributed by atoms with Crippen molar-refractivity contribution in [1.82, 2.24) is 15.3 Å². The number of hydrogen-bond acceptors (Lipinski definition) is 4. The van der Waals surface area contributed by atoms with Gasteiger partial charge >= 0.3 is 0 Å². The van der Waals surface area contributed by atoms with E-state index in [1.807, 2.05) is 32.0 Å². The molecule has 0 saturated carbocycles. The molecular formula is C20H19FN4O. The van der Waals surface area contributed by atoms with Crippen LogP contribution >= 0.6 is 0 Å². The Kier molecular flexibility index (Phi) is 5.22. The number of hydrogen-bond donors (Lipinski definition) is 2. The zero-order chi connectivity index (χ0) is 18.5. The summed E-state index contributed by atoms with van der Waals surface area (Å²) >= 11 is 0. The molecule has 0 fully saturated rings. The lowest BCUT2D eigenvalue weighted by atomic mass is 10.1. The number of aryl methyl sites for hydroxylation is 2. The van der Waals surface area contributed by atoms with Crippen molar-refractivity contribution in [2.45, 2.75) is 20.4 Å². The molecule has 6 heteroatoms. The van der Waals surface area contributed by atoms with E-state index in [9.17, 15) is 9.18 Å². The minimum atomic E-state index is -0.403. The second kappa shape index (κ2) is 7.74. The number of aromatic nitrogens is 2. The van der Waals surface area contributed by atoms with E-state index >= 15 is 0 Å². The lowest BCUT2D eigenvalue weighted by molar-refractivity contribution is 0.0945. The maximum absolute atomic E-state index is 13.6. The van der Waals surface area contributed by atoms with Gasteiger partial charge in [0.05, 0.1) is 12.4 Å². The third kappa shape index (κ3) is 4.03. The Balaban J connectivity index is 1.65. The van der Waals surface area contributed by atoms with Crippen LogP contribution in [0.5, 0.6) is 0 Å². The number of benzene rings is 2. The summed E-state index contributed by atoms with van der Waals surface area (Å²) in [4.78, 5) is 20.5. The molecule has 2 N–H and O–H groups in total. The number of halogens is 1. The highest BCUT2D eigenvalue weighted by Crippen LogP contribution is 2.22. The normalized spacial score (nSPS) is 10.4. The summed E-state index contributed by atoms with van der Waals surface area (Å²) in [6.07, 6.45) is 2.90. The van der Waals surface area contributed by atoms with Crippen LogP contribution in [0.1, 0.15) is 27.2 Å². The van der Waals surface area contributed by atoms with Gasteiger partial charge in [-0.3, -0.25) is 4.79 Å². The summed E-state index contributed by atoms with van der Waals surface area (Å²) in [6.45, 7) is 4.11. The number of anilines is 2. The second-order valence-electron chi connectivity index (χ2n) is 5.95. The molecule has 0 radical (unpaired) electrons. The van der Waals surface area contributed by atoms with Crippen LogP contribution < -0.4 is 10.6 Å². The third-order valence-electron chi connectivity index (χ3n) is 4.02. The Labute approximate surface area is 151 Å². The van der Waals surface area contributed by atoms with Crippen LogP contribution in [0.2, 0.25) is 0 Å². The van der Waals surface area contributed by atoms with Crippen molar-refractivity contribution in [3.8, 4) is 0 Å². The maximum Gasteiger partial charge on any atom is 0.271 e. The highest BCUT2D eigenvalue weighted by atomic mass is 19.1. The van der Waals surface area contributed by atoms with E-state index in [0.29, 0.717) is 11.4 Å². The fourth-order valence-corrected chi connectivity index (χ4v) is 2.56. The SMILES string of the molecule is Cc1cccc(C)c1Nc1cnc(C(=O)NCc2ccccc2F)cn1. The average Bonchev–Trinajstić information content (AvgIpc) is 2.64. The number of nitrogens with one attached hydrogen (secondary N) is 2. The van der Waals surface area contributed by atoms with Crippen molar-refractivity contribution < 1.29 is 9.18 Å². The zero-order valence-corrected chi connectivity index (χ0v) is 14.6. The minimum absolute atomic E-state index is 0.0929. The van der Waals surface area contributed by atoms with Crippen molar-refractivity contribution in [2.75, 3.05) is 5.32 Å². The summed E-state index contributed by atoms with van der Waals surface area (Å²) in [5.74, 6) is -0.209. The molecule has 3 rings (SSSR count). The minimum Gasteiger partial charge on any atom is -0.346 e. The number of amides is 1. The molecular weight excluding hydrogens is 331 g/mol. The van der Waals surface area contributed by atoms with Gasteiger partial charge in [0.25, 0.3) is 5.91 Å². The summed E-state index contributed by atoms with van der Waals surface area (Å²) in [7, 11) is 0. The highest BCUT2D eigenvalue weighted by molar-refractivity contribution is 5.92. The van der Waals surface area contributed by atoms with Crippen molar-refractivity contribution in [3.63, 3.8) is 0 Å². The van der Waals surface area contributed by atoms with E-state index in [1.54, 1.807) is 18.2 Å². The van der Waals surface area contributed by atoms with Crippen LogP contribution in [0, 0.1) is 19.7 Å². The first-order valence-electron chi connectivity index (χ1n) is 8.21. The topological polar surface area (TPSA) is 66.9 Å². The average molecular weight is 350 g/mol. The Morgan fingerprint density at radius 2 is 1.73 bits per heavy atom. The Morgan fingerprint density at radius 3 is 2.38 bits per heavy atom. The predicted molar refractivity (Wildman–Crippen MR) is 98.8 cm³/mol. The smallest absolute Gasteiger partial charge is 0.271 e. The number of carbonyl (C=O) groups is 1. The van der Waals surface area contributed by atoms with Gasteiger partial charge in [-0.25, -0.2) is 14.4 Å². The molecule has 0 saturated heterocycles. The molecule has 0 aliphatic carbocycles. The molecule has 0 aliphatic rings. The van der Waals surface area contributed by atoms with Crippen LogP contribution in [0.15, 0.2) is 54.9 Å². The molecule has 1 heterocycles. The molecule has 2 aromatic carbocycles. The quantitative estimate of drug-likeness (QED) is 0.732. The van der Waals surface area contributed by atoms with Crippen LogP contribution in [0.3, 0.4) is 0 Å². The van der Waals surface area contributed by atoms with E-state index < -0.39 is 5.91 Å².